The van der Waals surface area contributed by atoms with Crippen LogP contribution in [0.3, 0.4) is 0 Å². The highest BCUT2D eigenvalue weighted by Crippen LogP contribution is 2.19. The Hall–Kier alpha value is -3.59. The number of imidazole rings is 1. The summed E-state index contributed by atoms with van der Waals surface area (Å²) < 4.78 is 13.7. The lowest BCUT2D eigenvalue weighted by atomic mass is 9.98. The van der Waals surface area contributed by atoms with Crippen molar-refractivity contribution < 1.29 is 9.18 Å². The molecule has 1 atom stereocenters. The van der Waals surface area contributed by atoms with Gasteiger partial charge in [0.2, 0.25) is 0 Å². The number of nitrogens with two attached hydrogens (primary N) is 1. The number of benzene rings is 1. The first kappa shape index (κ1) is 22.6. The standard InChI is InChI=1S/C24H28FN7O/c25-19-6-3-9-28-22(19)14-29-24(33)18(11-26)13-27-12-17-5-4-10-32(15-17)16-23-30-20-7-1-2-8-21(20)31-23/h1-3,6-9,11,13,17H,4-5,10,12,14-16,26H2,(H,29,33)(H,30,31). The van der Waals surface area contributed by atoms with E-state index in [1.54, 1.807) is 0 Å². The number of aromatic nitrogens is 3. The highest BCUT2D eigenvalue weighted by molar-refractivity contribution is 6.11. The number of nitrogens with one attached hydrogen (secondary N) is 2. The van der Waals surface area contributed by atoms with Crippen LogP contribution in [0.4, 0.5) is 4.39 Å². The summed E-state index contributed by atoms with van der Waals surface area (Å²) in [6.07, 6.45) is 6.36. The highest BCUT2D eigenvalue weighted by Gasteiger charge is 2.20. The summed E-state index contributed by atoms with van der Waals surface area (Å²) >= 11 is 0. The van der Waals surface area contributed by atoms with Gasteiger partial charge in [-0.15, -0.1) is 0 Å². The molecule has 1 aliphatic heterocycles. The number of amides is 1. The van der Waals surface area contributed by atoms with Crippen LogP contribution < -0.4 is 11.1 Å². The molecule has 1 aromatic carbocycles. The summed E-state index contributed by atoms with van der Waals surface area (Å²) in [6, 6.07) is 10.8. The molecule has 3 heterocycles. The molecule has 8 nitrogen and oxygen atoms in total. The Kier molecular flexibility index (Phi) is 7.41. The van der Waals surface area contributed by atoms with Gasteiger partial charge in [-0.25, -0.2) is 9.37 Å². The molecule has 9 heteroatoms. The van der Waals surface area contributed by atoms with E-state index in [0.717, 1.165) is 49.3 Å². The summed E-state index contributed by atoms with van der Waals surface area (Å²) in [6.45, 7) is 3.31. The lowest BCUT2D eigenvalue weighted by Crippen LogP contribution is -2.36. The molecule has 0 saturated carbocycles. The van der Waals surface area contributed by atoms with Gasteiger partial charge in [0.15, 0.2) is 0 Å². The number of aliphatic imine (C=N–C) groups is 1. The van der Waals surface area contributed by atoms with Crippen LogP contribution in [-0.4, -0.2) is 51.6 Å². The topological polar surface area (TPSA) is 112 Å². The third-order valence-corrected chi connectivity index (χ3v) is 5.70. The largest absolute Gasteiger partial charge is 0.404 e. The van der Waals surface area contributed by atoms with Crippen molar-refractivity contribution in [3.63, 3.8) is 0 Å². The molecule has 3 aromatic rings. The summed E-state index contributed by atoms with van der Waals surface area (Å²) in [5.74, 6) is 0.481. The molecule has 1 fully saturated rings. The second-order valence-corrected chi connectivity index (χ2v) is 8.17. The van der Waals surface area contributed by atoms with Crippen molar-refractivity contribution in [3.8, 4) is 0 Å². The third-order valence-electron chi connectivity index (χ3n) is 5.70. The van der Waals surface area contributed by atoms with Crippen molar-refractivity contribution >= 4 is 23.2 Å². The molecule has 33 heavy (non-hydrogen) atoms. The smallest absolute Gasteiger partial charge is 0.254 e. The van der Waals surface area contributed by atoms with Crippen LogP contribution in [0.25, 0.3) is 11.0 Å². The van der Waals surface area contributed by atoms with Crippen molar-refractivity contribution in [1.29, 1.82) is 0 Å². The molecule has 0 aliphatic carbocycles. The first-order valence-electron chi connectivity index (χ1n) is 11.1. The molecule has 2 aromatic heterocycles. The molecule has 0 radical (unpaired) electrons. The Morgan fingerprint density at radius 2 is 2.21 bits per heavy atom. The number of aromatic amines is 1. The average molecular weight is 450 g/mol. The number of carbonyl (C=O) groups excluding carboxylic acids is 1. The van der Waals surface area contributed by atoms with Crippen LogP contribution in [0.2, 0.25) is 0 Å². The van der Waals surface area contributed by atoms with Crippen LogP contribution in [0.1, 0.15) is 24.4 Å². The van der Waals surface area contributed by atoms with Gasteiger partial charge in [0.25, 0.3) is 5.91 Å². The number of carbonyl (C=O) groups is 1. The maximum absolute atomic E-state index is 13.7. The number of fused-ring (bicyclic) bond motifs is 1. The van der Waals surface area contributed by atoms with E-state index < -0.39 is 11.7 Å². The molecule has 0 spiro atoms. The van der Waals surface area contributed by atoms with Gasteiger partial charge in [-0.05, 0) is 49.6 Å². The molecular weight excluding hydrogens is 421 g/mol. The molecule has 0 bridgehead atoms. The lowest BCUT2D eigenvalue weighted by Gasteiger charge is -2.31. The zero-order chi connectivity index (χ0) is 23.0. The van der Waals surface area contributed by atoms with Crippen molar-refractivity contribution in [2.45, 2.75) is 25.9 Å². The minimum Gasteiger partial charge on any atom is -0.404 e. The number of likely N-dealkylation sites (tertiary alicyclic amines) is 1. The van der Waals surface area contributed by atoms with E-state index in [-0.39, 0.29) is 17.8 Å². The van der Waals surface area contributed by atoms with E-state index in [1.165, 1.54) is 30.7 Å². The molecule has 172 valence electrons. The predicted octanol–water partition coefficient (Wildman–Crippen LogP) is 2.54. The van der Waals surface area contributed by atoms with Crippen molar-refractivity contribution in [1.82, 2.24) is 25.2 Å². The number of pyridine rings is 1. The van der Waals surface area contributed by atoms with Crippen LogP contribution in [-0.2, 0) is 17.9 Å². The molecule has 1 aliphatic rings. The van der Waals surface area contributed by atoms with Crippen molar-refractivity contribution in [2.75, 3.05) is 19.6 Å². The number of H-pyrrole nitrogens is 1. The van der Waals surface area contributed by atoms with Gasteiger partial charge >= 0.3 is 0 Å². The van der Waals surface area contributed by atoms with Gasteiger partial charge in [-0.3, -0.25) is 19.7 Å². The minimum absolute atomic E-state index is 0.0178. The predicted molar refractivity (Wildman–Crippen MR) is 126 cm³/mol. The number of hydrogen-bond donors (Lipinski definition) is 3. The average Bonchev–Trinajstić information content (AvgIpc) is 3.23. The first-order valence-corrected chi connectivity index (χ1v) is 11.1. The summed E-state index contributed by atoms with van der Waals surface area (Å²) in [4.78, 5) is 31.2. The number of rotatable bonds is 8. The van der Waals surface area contributed by atoms with Gasteiger partial charge in [-0.1, -0.05) is 12.1 Å². The van der Waals surface area contributed by atoms with Crippen LogP contribution in [0.15, 0.2) is 59.4 Å². The molecule has 1 saturated heterocycles. The number of piperidine rings is 1. The quantitative estimate of drug-likeness (QED) is 0.361. The minimum atomic E-state index is -0.464. The molecular formula is C24H28FN7O. The fraction of sp³-hybridized carbons (Fsp3) is 0.333. The second kappa shape index (κ2) is 10.8. The summed E-state index contributed by atoms with van der Waals surface area (Å²) in [7, 11) is 0. The number of nitrogens with zero attached hydrogens (tertiary/aromatic N) is 4. The van der Waals surface area contributed by atoms with Gasteiger partial charge < -0.3 is 16.0 Å². The lowest BCUT2D eigenvalue weighted by molar-refractivity contribution is -0.117. The van der Waals surface area contributed by atoms with E-state index in [1.807, 2.05) is 24.3 Å². The van der Waals surface area contributed by atoms with Gasteiger partial charge in [0.1, 0.15) is 11.6 Å². The van der Waals surface area contributed by atoms with E-state index in [0.29, 0.717) is 12.5 Å². The Labute approximate surface area is 191 Å². The first-order chi connectivity index (χ1) is 16.1. The summed E-state index contributed by atoms with van der Waals surface area (Å²) in [5, 5.41) is 2.62. The Balaban J connectivity index is 1.26. The number of para-hydroxylation sites is 2. The zero-order valence-corrected chi connectivity index (χ0v) is 18.4. The molecule has 1 amide bonds. The normalized spacial score (nSPS) is 17.6. The number of hydrogen-bond acceptors (Lipinski definition) is 6. The fourth-order valence-corrected chi connectivity index (χ4v) is 4.03. The van der Waals surface area contributed by atoms with E-state index in [9.17, 15) is 9.18 Å². The third kappa shape index (κ3) is 6.01. The van der Waals surface area contributed by atoms with Crippen LogP contribution >= 0.6 is 0 Å². The maximum atomic E-state index is 13.7. The molecule has 1 unspecified atom stereocenters. The monoisotopic (exact) mass is 449 g/mol. The SMILES string of the molecule is NC=C(C=NCC1CCCN(Cc2nc3ccccc3[nH]2)C1)C(=O)NCc1ncccc1F. The molecule has 4 N–H and O–H groups in total. The van der Waals surface area contributed by atoms with Gasteiger partial charge in [0.05, 0.1) is 35.4 Å². The van der Waals surface area contributed by atoms with E-state index >= 15 is 0 Å². The van der Waals surface area contributed by atoms with Gasteiger partial charge in [0, 0.05) is 31.7 Å². The maximum Gasteiger partial charge on any atom is 0.254 e. The van der Waals surface area contributed by atoms with Crippen molar-refractivity contribution in [2.24, 2.45) is 16.6 Å². The Morgan fingerprint density at radius 3 is 3.03 bits per heavy atom. The Bertz CT molecular complexity index is 1120. The van der Waals surface area contributed by atoms with Crippen LogP contribution in [0, 0.1) is 11.7 Å². The fourth-order valence-electron chi connectivity index (χ4n) is 4.03. The van der Waals surface area contributed by atoms with E-state index in [4.69, 9.17) is 5.73 Å². The van der Waals surface area contributed by atoms with Crippen molar-refractivity contribution in [3.05, 3.63) is 71.7 Å². The van der Waals surface area contributed by atoms with Crippen LogP contribution in [0.5, 0.6) is 0 Å². The summed E-state index contributed by atoms with van der Waals surface area (Å²) in [5.41, 5.74) is 8.05. The van der Waals surface area contributed by atoms with E-state index in [2.05, 4.69) is 30.2 Å². The highest BCUT2D eigenvalue weighted by atomic mass is 19.1. The second-order valence-electron chi connectivity index (χ2n) is 8.17. The Morgan fingerprint density at radius 1 is 1.33 bits per heavy atom. The molecule has 4 rings (SSSR count). The number of halogens is 1. The zero-order valence-electron chi connectivity index (χ0n) is 18.4. The van der Waals surface area contributed by atoms with Gasteiger partial charge in [-0.2, -0.15) is 0 Å².